The zero-order valence-electron chi connectivity index (χ0n) is 20.8. The number of amides is 3. The van der Waals surface area contributed by atoms with Crippen LogP contribution in [0.2, 0.25) is 0 Å². The average Bonchev–Trinajstić information content (AvgIpc) is 3.25. The standard InChI is InChI=1S/C26H36FN3O3S/c1-6-18(2)15-29(25(32)28-26(3,4)5)16-24(31)30-13-11-23-21(12-14-34-23)22(30)17-33-20-9-7-19(27)8-10-20/h7-10,12,14,18,22H,6,11,13,15-17H2,1-5H3,(H,28,32)/t18-,22-/m0/s1. The van der Waals surface area contributed by atoms with Crippen molar-refractivity contribution in [3.63, 3.8) is 0 Å². The second kappa shape index (κ2) is 11.2. The molecule has 0 unspecified atom stereocenters. The Balaban J connectivity index is 1.77. The van der Waals surface area contributed by atoms with Crippen LogP contribution in [0.3, 0.4) is 0 Å². The summed E-state index contributed by atoms with van der Waals surface area (Å²) in [5, 5.41) is 5.03. The lowest BCUT2D eigenvalue weighted by Crippen LogP contribution is -2.53. The number of nitrogens with one attached hydrogen (secondary N) is 1. The molecule has 6 nitrogen and oxygen atoms in total. The van der Waals surface area contributed by atoms with E-state index in [1.54, 1.807) is 28.4 Å². The largest absolute Gasteiger partial charge is 0.491 e. The molecular weight excluding hydrogens is 453 g/mol. The van der Waals surface area contributed by atoms with Crippen molar-refractivity contribution in [2.45, 2.75) is 59.0 Å². The summed E-state index contributed by atoms with van der Waals surface area (Å²) in [6.45, 7) is 11.3. The number of nitrogens with zero attached hydrogens (tertiary/aromatic N) is 2. The van der Waals surface area contributed by atoms with Crippen molar-refractivity contribution in [3.8, 4) is 5.75 Å². The van der Waals surface area contributed by atoms with Crippen molar-refractivity contribution >= 4 is 23.3 Å². The summed E-state index contributed by atoms with van der Waals surface area (Å²) < 4.78 is 19.2. The van der Waals surface area contributed by atoms with Crippen LogP contribution >= 0.6 is 11.3 Å². The Labute approximate surface area is 206 Å². The maximum Gasteiger partial charge on any atom is 0.318 e. The molecule has 0 spiro atoms. The number of urea groups is 1. The van der Waals surface area contributed by atoms with Gasteiger partial charge >= 0.3 is 6.03 Å². The van der Waals surface area contributed by atoms with Gasteiger partial charge in [-0.3, -0.25) is 4.79 Å². The van der Waals surface area contributed by atoms with Gasteiger partial charge in [0.1, 0.15) is 24.7 Å². The van der Waals surface area contributed by atoms with Crippen LogP contribution in [0.25, 0.3) is 0 Å². The first kappa shape index (κ1) is 26.0. The topological polar surface area (TPSA) is 61.9 Å². The van der Waals surface area contributed by atoms with E-state index in [0.29, 0.717) is 18.8 Å². The molecular formula is C26H36FN3O3S. The molecule has 0 aliphatic carbocycles. The number of fused-ring (bicyclic) bond motifs is 1. The molecule has 0 saturated carbocycles. The third kappa shape index (κ3) is 6.95. The Morgan fingerprint density at radius 2 is 1.97 bits per heavy atom. The van der Waals surface area contributed by atoms with Gasteiger partial charge in [0.05, 0.1) is 6.04 Å². The summed E-state index contributed by atoms with van der Waals surface area (Å²) >= 11 is 1.69. The van der Waals surface area contributed by atoms with E-state index < -0.39 is 5.54 Å². The van der Waals surface area contributed by atoms with Crippen LogP contribution in [0.5, 0.6) is 5.75 Å². The Bertz CT molecular complexity index is 970. The second-order valence-electron chi connectivity index (χ2n) is 9.99. The normalized spacial score (nSPS) is 16.5. The Morgan fingerprint density at radius 1 is 1.26 bits per heavy atom. The highest BCUT2D eigenvalue weighted by atomic mass is 32.1. The number of halogens is 1. The first-order valence-electron chi connectivity index (χ1n) is 11.9. The predicted molar refractivity (Wildman–Crippen MR) is 134 cm³/mol. The van der Waals surface area contributed by atoms with Gasteiger partial charge in [0.25, 0.3) is 0 Å². The minimum atomic E-state index is -0.393. The first-order chi connectivity index (χ1) is 16.1. The van der Waals surface area contributed by atoms with Crippen LogP contribution in [0, 0.1) is 11.7 Å². The number of rotatable bonds is 8. The lowest BCUT2D eigenvalue weighted by molar-refractivity contribution is -0.135. The molecule has 2 heterocycles. The Kier molecular flexibility index (Phi) is 8.57. The molecule has 3 amide bonds. The van der Waals surface area contributed by atoms with Crippen LogP contribution in [0.4, 0.5) is 9.18 Å². The van der Waals surface area contributed by atoms with Gasteiger partial charge in [0, 0.05) is 23.5 Å². The fraction of sp³-hybridized carbons (Fsp3) is 0.538. The number of carbonyl (C=O) groups is 2. The first-order valence-corrected chi connectivity index (χ1v) is 12.8. The van der Waals surface area contributed by atoms with Crippen LogP contribution in [-0.4, -0.2) is 53.5 Å². The Hall–Kier alpha value is -2.61. The smallest absolute Gasteiger partial charge is 0.318 e. The van der Waals surface area contributed by atoms with Crippen LogP contribution in [0.15, 0.2) is 35.7 Å². The molecule has 0 fully saturated rings. The number of hydrogen-bond donors (Lipinski definition) is 1. The Morgan fingerprint density at radius 3 is 2.62 bits per heavy atom. The van der Waals surface area contributed by atoms with Gasteiger partial charge in [0.2, 0.25) is 5.91 Å². The van der Waals surface area contributed by atoms with E-state index in [4.69, 9.17) is 4.74 Å². The third-order valence-corrected chi connectivity index (χ3v) is 6.96. The highest BCUT2D eigenvalue weighted by Crippen LogP contribution is 2.34. The van der Waals surface area contributed by atoms with Gasteiger partial charge in [-0.2, -0.15) is 0 Å². The molecule has 2 aromatic rings. The lowest BCUT2D eigenvalue weighted by Gasteiger charge is -2.37. The molecule has 0 radical (unpaired) electrons. The highest BCUT2D eigenvalue weighted by molar-refractivity contribution is 7.10. The number of carbonyl (C=O) groups excluding carboxylic acids is 2. The molecule has 1 N–H and O–H groups in total. The fourth-order valence-corrected chi connectivity index (χ4v) is 4.89. The molecule has 1 aromatic carbocycles. The zero-order valence-corrected chi connectivity index (χ0v) is 21.6. The maximum atomic E-state index is 13.5. The molecule has 1 aliphatic rings. The van der Waals surface area contributed by atoms with Crippen molar-refractivity contribution in [3.05, 3.63) is 52.0 Å². The van der Waals surface area contributed by atoms with Crippen LogP contribution in [0.1, 0.15) is 57.5 Å². The number of ether oxygens (including phenoxy) is 1. The van der Waals surface area contributed by atoms with Crippen molar-refractivity contribution in [2.75, 3.05) is 26.2 Å². The van der Waals surface area contributed by atoms with Gasteiger partial charge in [-0.25, -0.2) is 9.18 Å². The van der Waals surface area contributed by atoms with Gasteiger partial charge in [-0.1, -0.05) is 20.3 Å². The summed E-state index contributed by atoms with van der Waals surface area (Å²) in [6, 6.07) is 7.44. The number of benzene rings is 1. The minimum Gasteiger partial charge on any atom is -0.491 e. The minimum absolute atomic E-state index is 0.0127. The molecule has 3 rings (SSSR count). The van der Waals surface area contributed by atoms with Crippen LogP contribution in [-0.2, 0) is 11.2 Å². The van der Waals surface area contributed by atoms with Gasteiger partial charge < -0.3 is 19.9 Å². The van der Waals surface area contributed by atoms with E-state index in [1.807, 2.05) is 37.1 Å². The zero-order chi connectivity index (χ0) is 24.9. The highest BCUT2D eigenvalue weighted by Gasteiger charge is 2.34. The maximum absolute atomic E-state index is 13.5. The molecule has 1 aromatic heterocycles. The van der Waals surface area contributed by atoms with Gasteiger partial charge in [-0.15, -0.1) is 11.3 Å². The molecule has 186 valence electrons. The molecule has 34 heavy (non-hydrogen) atoms. The third-order valence-electron chi connectivity index (χ3n) is 5.96. The molecule has 1 aliphatic heterocycles. The second-order valence-corrected chi connectivity index (χ2v) is 11.0. The summed E-state index contributed by atoms with van der Waals surface area (Å²) in [4.78, 5) is 31.2. The van der Waals surface area contributed by atoms with E-state index in [9.17, 15) is 14.0 Å². The van der Waals surface area contributed by atoms with E-state index in [0.717, 1.165) is 18.4 Å². The van der Waals surface area contributed by atoms with E-state index in [1.165, 1.54) is 17.0 Å². The molecule has 0 bridgehead atoms. The molecule has 2 atom stereocenters. The monoisotopic (exact) mass is 489 g/mol. The van der Waals surface area contributed by atoms with Gasteiger partial charge in [-0.05, 0) is 74.4 Å². The summed E-state index contributed by atoms with van der Waals surface area (Å²) in [7, 11) is 0. The van der Waals surface area contributed by atoms with Crippen molar-refractivity contribution < 1.29 is 18.7 Å². The average molecular weight is 490 g/mol. The lowest BCUT2D eigenvalue weighted by atomic mass is 10.00. The summed E-state index contributed by atoms with van der Waals surface area (Å²) in [6.07, 6.45) is 1.70. The quantitative estimate of drug-likeness (QED) is 0.551. The van der Waals surface area contributed by atoms with E-state index >= 15 is 0 Å². The van der Waals surface area contributed by atoms with Crippen molar-refractivity contribution in [1.29, 1.82) is 0 Å². The van der Waals surface area contributed by atoms with E-state index in [2.05, 4.69) is 19.2 Å². The van der Waals surface area contributed by atoms with Crippen LogP contribution < -0.4 is 10.1 Å². The van der Waals surface area contributed by atoms with Gasteiger partial charge in [0.15, 0.2) is 0 Å². The molecule has 8 heteroatoms. The molecule has 0 saturated heterocycles. The fourth-order valence-electron chi connectivity index (χ4n) is 3.96. The summed E-state index contributed by atoms with van der Waals surface area (Å²) in [5.74, 6) is 0.411. The van der Waals surface area contributed by atoms with Crippen molar-refractivity contribution in [2.24, 2.45) is 5.92 Å². The van der Waals surface area contributed by atoms with Crippen molar-refractivity contribution in [1.82, 2.24) is 15.1 Å². The predicted octanol–water partition coefficient (Wildman–Crippen LogP) is 5.25. The summed E-state index contributed by atoms with van der Waals surface area (Å²) in [5.41, 5.74) is 0.690. The number of thiophene rings is 1. The SMILES string of the molecule is CC[C@H](C)CN(CC(=O)N1CCc2sccc2[C@@H]1COc1ccc(F)cc1)C(=O)NC(C)(C)C. The number of hydrogen-bond acceptors (Lipinski definition) is 4. The van der Waals surface area contributed by atoms with E-state index in [-0.39, 0.29) is 42.9 Å².